The van der Waals surface area contributed by atoms with Gasteiger partial charge >= 0.3 is 0 Å². The van der Waals surface area contributed by atoms with E-state index in [1.165, 1.54) is 6.08 Å². The molecule has 2 aromatic heterocycles. The van der Waals surface area contributed by atoms with Crippen LogP contribution in [0, 0.1) is 5.41 Å². The second-order valence-corrected chi connectivity index (χ2v) is 9.35. The summed E-state index contributed by atoms with van der Waals surface area (Å²) in [5.41, 5.74) is 7.83. The van der Waals surface area contributed by atoms with E-state index in [2.05, 4.69) is 16.8 Å². The number of amides is 1. The zero-order valence-electron chi connectivity index (χ0n) is 19.0. The van der Waals surface area contributed by atoms with E-state index < -0.39 is 0 Å². The van der Waals surface area contributed by atoms with Crippen molar-refractivity contribution in [1.82, 2.24) is 24.9 Å². The molecule has 2 aliphatic rings. The van der Waals surface area contributed by atoms with Gasteiger partial charge in [0.25, 0.3) is 5.56 Å². The van der Waals surface area contributed by atoms with E-state index in [1.54, 1.807) is 9.58 Å². The number of aromatic nitrogens is 4. The number of ether oxygens (including phenoxy) is 1. The maximum absolute atomic E-state index is 12.8. The normalized spacial score (nSPS) is 16.6. The fourth-order valence-corrected chi connectivity index (χ4v) is 5.31. The lowest BCUT2D eigenvalue weighted by molar-refractivity contribution is -0.148. The van der Waals surface area contributed by atoms with Gasteiger partial charge in [0.15, 0.2) is 5.82 Å². The summed E-state index contributed by atoms with van der Waals surface area (Å²) < 4.78 is 7.68. The highest BCUT2D eigenvalue weighted by Crippen LogP contribution is 2.54. The third kappa shape index (κ3) is 3.47. The fourth-order valence-electron chi connectivity index (χ4n) is 5.31. The van der Waals surface area contributed by atoms with Crippen molar-refractivity contribution in [1.29, 1.82) is 0 Å². The van der Waals surface area contributed by atoms with Crippen LogP contribution in [-0.4, -0.2) is 43.9 Å². The molecule has 176 valence electrons. The third-order valence-corrected chi connectivity index (χ3v) is 6.99. The Morgan fingerprint density at radius 1 is 1.11 bits per heavy atom. The Labute approximate surface area is 200 Å². The number of hydrogen-bond acceptors (Lipinski definition) is 6. The van der Waals surface area contributed by atoms with Crippen LogP contribution in [0.5, 0.6) is 11.5 Å². The average molecular weight is 469 g/mol. The van der Waals surface area contributed by atoms with E-state index in [0.29, 0.717) is 35.4 Å². The van der Waals surface area contributed by atoms with Crippen LogP contribution in [0.4, 0.5) is 5.82 Å². The zero-order chi connectivity index (χ0) is 24.2. The van der Waals surface area contributed by atoms with Gasteiger partial charge in [-0.25, -0.2) is 5.10 Å². The van der Waals surface area contributed by atoms with Crippen LogP contribution >= 0.6 is 0 Å². The number of hydrogen-bond donors (Lipinski definition) is 2. The van der Waals surface area contributed by atoms with E-state index >= 15 is 0 Å². The van der Waals surface area contributed by atoms with Crippen LogP contribution in [0.2, 0.25) is 0 Å². The SMILES string of the molecule is C=CC(=O)N1CC2(CC(n3nc(-c4ccc(Oc5ccccc5)cc4)c4c(N)n[nH]c(=O)c43)C2)C1. The number of rotatable bonds is 5. The first-order chi connectivity index (χ1) is 17.0. The molecule has 9 heteroatoms. The number of nitrogens with one attached hydrogen (secondary N) is 1. The van der Waals surface area contributed by atoms with Gasteiger partial charge in [0.1, 0.15) is 22.7 Å². The first-order valence-electron chi connectivity index (χ1n) is 11.5. The van der Waals surface area contributed by atoms with Crippen molar-refractivity contribution in [2.24, 2.45) is 5.41 Å². The average Bonchev–Trinajstić information content (AvgIpc) is 3.22. The second-order valence-electron chi connectivity index (χ2n) is 9.35. The van der Waals surface area contributed by atoms with Crippen molar-refractivity contribution < 1.29 is 9.53 Å². The van der Waals surface area contributed by atoms with Crippen molar-refractivity contribution in [2.75, 3.05) is 18.8 Å². The van der Waals surface area contributed by atoms with Crippen molar-refractivity contribution in [3.8, 4) is 22.8 Å². The van der Waals surface area contributed by atoms with Crippen LogP contribution in [0.1, 0.15) is 18.9 Å². The van der Waals surface area contributed by atoms with Crippen LogP contribution in [0.25, 0.3) is 22.2 Å². The number of nitrogens with zero attached hydrogens (tertiary/aromatic N) is 4. The van der Waals surface area contributed by atoms with Crippen molar-refractivity contribution >= 4 is 22.6 Å². The van der Waals surface area contributed by atoms with E-state index in [1.807, 2.05) is 54.6 Å². The zero-order valence-corrected chi connectivity index (χ0v) is 19.0. The number of carbonyl (C=O) groups excluding carboxylic acids is 1. The van der Waals surface area contributed by atoms with Gasteiger partial charge in [-0.2, -0.15) is 10.2 Å². The Balaban J connectivity index is 1.31. The number of nitrogens with two attached hydrogens (primary N) is 1. The van der Waals surface area contributed by atoms with Gasteiger partial charge in [-0.1, -0.05) is 24.8 Å². The molecule has 1 saturated carbocycles. The highest BCUT2D eigenvalue weighted by Gasteiger charge is 2.54. The minimum absolute atomic E-state index is 0.0408. The summed E-state index contributed by atoms with van der Waals surface area (Å²) in [7, 11) is 0. The van der Waals surface area contributed by atoms with Gasteiger partial charge in [-0.3, -0.25) is 14.3 Å². The number of likely N-dealkylation sites (tertiary alicyclic amines) is 1. The van der Waals surface area contributed by atoms with Gasteiger partial charge in [0.2, 0.25) is 5.91 Å². The maximum atomic E-state index is 12.8. The van der Waals surface area contributed by atoms with Crippen LogP contribution < -0.4 is 16.0 Å². The lowest BCUT2D eigenvalue weighted by Gasteiger charge is -2.58. The van der Waals surface area contributed by atoms with E-state index in [4.69, 9.17) is 15.6 Å². The highest BCUT2D eigenvalue weighted by molar-refractivity contribution is 5.99. The van der Waals surface area contributed by atoms with Crippen molar-refractivity contribution in [3.63, 3.8) is 0 Å². The molecular weight excluding hydrogens is 444 g/mol. The predicted molar refractivity (Wildman–Crippen MR) is 132 cm³/mol. The molecule has 0 unspecified atom stereocenters. The van der Waals surface area contributed by atoms with Crippen LogP contribution in [-0.2, 0) is 4.79 Å². The molecule has 35 heavy (non-hydrogen) atoms. The molecule has 1 amide bonds. The Bertz CT molecular complexity index is 1490. The summed E-state index contributed by atoms with van der Waals surface area (Å²) >= 11 is 0. The molecule has 4 aromatic rings. The molecule has 0 atom stereocenters. The summed E-state index contributed by atoms with van der Waals surface area (Å²) in [6, 6.07) is 17.1. The predicted octanol–water partition coefficient (Wildman–Crippen LogP) is 3.51. The largest absolute Gasteiger partial charge is 0.457 e. The molecule has 1 saturated heterocycles. The Hall–Kier alpha value is -4.40. The van der Waals surface area contributed by atoms with E-state index in [-0.39, 0.29) is 28.7 Å². The Morgan fingerprint density at radius 2 is 1.80 bits per heavy atom. The lowest BCUT2D eigenvalue weighted by atomic mass is 9.60. The smallest absolute Gasteiger partial charge is 0.290 e. The topological polar surface area (TPSA) is 119 Å². The molecule has 1 aliphatic carbocycles. The number of fused-ring (bicyclic) bond motifs is 1. The molecule has 9 nitrogen and oxygen atoms in total. The van der Waals surface area contributed by atoms with Crippen molar-refractivity contribution in [3.05, 3.63) is 77.6 Å². The van der Waals surface area contributed by atoms with Gasteiger partial charge in [0, 0.05) is 24.1 Å². The Kier molecular flexibility index (Phi) is 4.73. The molecule has 6 rings (SSSR count). The van der Waals surface area contributed by atoms with Crippen LogP contribution in [0.3, 0.4) is 0 Å². The molecule has 1 aliphatic heterocycles. The van der Waals surface area contributed by atoms with E-state index in [9.17, 15) is 9.59 Å². The molecule has 3 N–H and O–H groups in total. The molecule has 3 heterocycles. The number of para-hydroxylation sites is 1. The number of benzene rings is 2. The summed E-state index contributed by atoms with van der Waals surface area (Å²) in [6.07, 6.45) is 3.03. The first kappa shape index (κ1) is 21.2. The third-order valence-electron chi connectivity index (χ3n) is 6.99. The molecule has 0 radical (unpaired) electrons. The molecular formula is C26H24N6O3. The molecule has 2 fully saturated rings. The van der Waals surface area contributed by atoms with Gasteiger partial charge in [-0.05, 0) is 55.3 Å². The maximum Gasteiger partial charge on any atom is 0.290 e. The second kappa shape index (κ2) is 7.83. The molecule has 0 bridgehead atoms. The Morgan fingerprint density at radius 3 is 2.49 bits per heavy atom. The highest BCUT2D eigenvalue weighted by atomic mass is 16.5. The number of aromatic amines is 1. The molecule has 2 aromatic carbocycles. The number of nitrogen functional groups attached to an aromatic ring is 1. The standard InChI is InChI=1S/C26H24N6O3/c1-2-20(33)31-14-26(15-31)12-17(13-26)32-23-21(24(27)28-29-25(23)34)22(30-32)16-8-10-19(11-9-16)35-18-6-4-3-5-7-18/h2-11,17H,1,12-15H2,(H2,27,28)(H,29,34). The number of carbonyl (C=O) groups is 1. The monoisotopic (exact) mass is 468 g/mol. The minimum atomic E-state index is -0.324. The first-order valence-corrected chi connectivity index (χ1v) is 11.5. The van der Waals surface area contributed by atoms with E-state index in [0.717, 1.165) is 24.2 Å². The lowest BCUT2D eigenvalue weighted by Crippen LogP contribution is -2.63. The molecule has 1 spiro atoms. The van der Waals surface area contributed by atoms with Crippen molar-refractivity contribution in [2.45, 2.75) is 18.9 Å². The number of H-pyrrole nitrogens is 1. The quantitative estimate of drug-likeness (QED) is 0.433. The summed E-state index contributed by atoms with van der Waals surface area (Å²) in [5, 5.41) is 11.9. The summed E-state index contributed by atoms with van der Waals surface area (Å²) in [5.74, 6) is 1.63. The van der Waals surface area contributed by atoms with Gasteiger partial charge < -0.3 is 15.4 Å². The van der Waals surface area contributed by atoms with Gasteiger partial charge in [-0.15, -0.1) is 0 Å². The minimum Gasteiger partial charge on any atom is -0.457 e. The summed E-state index contributed by atoms with van der Waals surface area (Å²) in [6.45, 7) is 4.98. The van der Waals surface area contributed by atoms with Crippen LogP contribution in [0.15, 0.2) is 72.0 Å². The van der Waals surface area contributed by atoms with Gasteiger partial charge in [0.05, 0.1) is 11.4 Å². The fraction of sp³-hybridized carbons (Fsp3) is 0.231. The summed E-state index contributed by atoms with van der Waals surface area (Å²) in [4.78, 5) is 26.4. The number of anilines is 1.